The van der Waals surface area contributed by atoms with Crippen molar-refractivity contribution in [3.8, 4) is 0 Å². The fourth-order valence-corrected chi connectivity index (χ4v) is 1.76. The van der Waals surface area contributed by atoms with Crippen LogP contribution in [0.3, 0.4) is 0 Å². The van der Waals surface area contributed by atoms with Crippen LogP contribution >= 0.6 is 0 Å². The van der Waals surface area contributed by atoms with Crippen LogP contribution in [0.2, 0.25) is 0 Å². The zero-order valence-electron chi connectivity index (χ0n) is 8.64. The normalized spacial score (nSPS) is 18.2. The molecule has 1 rings (SSSR count). The van der Waals surface area contributed by atoms with Gasteiger partial charge in [-0.15, -0.1) is 0 Å². The van der Waals surface area contributed by atoms with Crippen molar-refractivity contribution in [3.05, 3.63) is 0 Å². The summed E-state index contributed by atoms with van der Waals surface area (Å²) in [4.78, 5) is 3.96. The molecule has 1 aliphatic carbocycles. The molecule has 1 aliphatic rings. The summed E-state index contributed by atoms with van der Waals surface area (Å²) in [5.41, 5.74) is 5.20. The Morgan fingerprint density at radius 1 is 1.50 bits per heavy atom. The third-order valence-electron chi connectivity index (χ3n) is 2.51. The monoisotopic (exact) mass is 197 g/mol. The van der Waals surface area contributed by atoms with Crippen LogP contribution < -0.4 is 16.4 Å². The van der Waals surface area contributed by atoms with Crippen LogP contribution in [-0.2, 0) is 0 Å². The van der Waals surface area contributed by atoms with Gasteiger partial charge in [-0.25, -0.2) is 0 Å². The molecule has 1 saturated carbocycles. The highest BCUT2D eigenvalue weighted by Crippen LogP contribution is 2.23. The first-order valence-electron chi connectivity index (χ1n) is 5.04. The molecule has 80 valence electrons. The number of aliphatic imine (C=N–C) groups is 1. The minimum Gasteiger partial charge on any atom is -0.370 e. The van der Waals surface area contributed by atoms with Gasteiger partial charge in [-0.2, -0.15) is 0 Å². The van der Waals surface area contributed by atoms with E-state index >= 15 is 0 Å². The van der Waals surface area contributed by atoms with Gasteiger partial charge in [0.1, 0.15) is 0 Å². The number of hydrogen-bond acceptors (Lipinski definition) is 2. The Kier molecular flexibility index (Phi) is 4.22. The zero-order valence-corrected chi connectivity index (χ0v) is 8.64. The average molecular weight is 197 g/mol. The molecule has 0 saturated heterocycles. The minimum atomic E-state index is -0.0791. The second-order valence-corrected chi connectivity index (χ2v) is 3.64. The Labute approximate surface area is 84.7 Å². The van der Waals surface area contributed by atoms with E-state index < -0.39 is 0 Å². The van der Waals surface area contributed by atoms with E-state index in [-0.39, 0.29) is 5.96 Å². The van der Waals surface area contributed by atoms with Gasteiger partial charge >= 0.3 is 0 Å². The van der Waals surface area contributed by atoms with Crippen molar-refractivity contribution < 1.29 is 0 Å². The Morgan fingerprint density at radius 2 is 2.14 bits per heavy atom. The van der Waals surface area contributed by atoms with Gasteiger partial charge in [-0.3, -0.25) is 15.7 Å². The van der Waals surface area contributed by atoms with Crippen LogP contribution in [0.1, 0.15) is 25.7 Å². The molecule has 14 heavy (non-hydrogen) atoms. The zero-order chi connectivity index (χ0) is 10.4. The fraction of sp³-hybridized carbons (Fsp3) is 0.778. The molecule has 0 amide bonds. The number of nitrogens with two attached hydrogens (primary N) is 1. The third-order valence-corrected chi connectivity index (χ3v) is 2.51. The van der Waals surface area contributed by atoms with Crippen molar-refractivity contribution in [2.24, 2.45) is 16.6 Å². The first-order chi connectivity index (χ1) is 6.72. The Morgan fingerprint density at radius 3 is 2.64 bits per heavy atom. The van der Waals surface area contributed by atoms with E-state index in [1.807, 2.05) is 0 Å². The van der Waals surface area contributed by atoms with E-state index in [0.717, 1.165) is 12.5 Å². The van der Waals surface area contributed by atoms with Crippen molar-refractivity contribution in [1.29, 1.82) is 5.41 Å². The van der Waals surface area contributed by atoms with E-state index in [0.29, 0.717) is 5.96 Å². The average Bonchev–Trinajstić information content (AvgIpc) is 2.64. The summed E-state index contributed by atoms with van der Waals surface area (Å²) in [7, 11) is 1.67. The Bertz CT molecular complexity index is 217. The molecule has 5 heteroatoms. The maximum Gasteiger partial charge on any atom is 0.197 e. The van der Waals surface area contributed by atoms with Gasteiger partial charge in [0.05, 0.1) is 0 Å². The summed E-state index contributed by atoms with van der Waals surface area (Å²) in [5, 5.41) is 12.9. The predicted molar refractivity (Wildman–Crippen MR) is 58.4 cm³/mol. The quantitative estimate of drug-likeness (QED) is 0.378. The van der Waals surface area contributed by atoms with Gasteiger partial charge in [0, 0.05) is 13.6 Å². The van der Waals surface area contributed by atoms with Crippen molar-refractivity contribution >= 4 is 11.9 Å². The lowest BCUT2D eigenvalue weighted by Gasteiger charge is -2.13. The first-order valence-corrected chi connectivity index (χ1v) is 5.04. The molecule has 0 atom stereocenters. The lowest BCUT2D eigenvalue weighted by atomic mass is 10.1. The van der Waals surface area contributed by atoms with E-state index in [9.17, 15) is 0 Å². The van der Waals surface area contributed by atoms with Gasteiger partial charge in [-0.1, -0.05) is 12.8 Å². The molecule has 0 bridgehead atoms. The number of rotatable bonds is 2. The summed E-state index contributed by atoms with van der Waals surface area (Å²) in [6.07, 6.45) is 5.27. The Balaban J connectivity index is 2.23. The van der Waals surface area contributed by atoms with Crippen molar-refractivity contribution in [3.63, 3.8) is 0 Å². The number of hydrogen-bond donors (Lipinski definition) is 4. The van der Waals surface area contributed by atoms with Crippen LogP contribution in [0.4, 0.5) is 0 Å². The fourth-order valence-electron chi connectivity index (χ4n) is 1.76. The van der Waals surface area contributed by atoms with E-state index in [4.69, 9.17) is 11.1 Å². The van der Waals surface area contributed by atoms with Crippen LogP contribution in [-0.4, -0.2) is 25.5 Å². The second-order valence-electron chi connectivity index (χ2n) is 3.64. The van der Waals surface area contributed by atoms with Gasteiger partial charge < -0.3 is 11.1 Å². The lowest BCUT2D eigenvalue weighted by Crippen LogP contribution is -2.45. The first kappa shape index (κ1) is 10.8. The van der Waals surface area contributed by atoms with Crippen LogP contribution in [0, 0.1) is 11.3 Å². The van der Waals surface area contributed by atoms with Gasteiger partial charge in [0.2, 0.25) is 0 Å². The summed E-state index contributed by atoms with van der Waals surface area (Å²) in [6.45, 7) is 0.924. The maximum atomic E-state index is 7.06. The molecule has 0 unspecified atom stereocenters. The topological polar surface area (TPSA) is 86.3 Å². The minimum absolute atomic E-state index is 0.0791. The van der Waals surface area contributed by atoms with Crippen molar-refractivity contribution in [2.45, 2.75) is 25.7 Å². The molecule has 0 radical (unpaired) electrons. The van der Waals surface area contributed by atoms with Crippen LogP contribution in [0.25, 0.3) is 0 Å². The van der Waals surface area contributed by atoms with E-state index in [1.54, 1.807) is 7.05 Å². The molecule has 0 aromatic carbocycles. The molecule has 1 fully saturated rings. The highest BCUT2D eigenvalue weighted by molar-refractivity contribution is 5.96. The summed E-state index contributed by atoms with van der Waals surface area (Å²) >= 11 is 0. The SMILES string of the molecule is C/N=C(\NCC1CCCC1)NC(=N)N. The van der Waals surface area contributed by atoms with E-state index in [2.05, 4.69) is 15.6 Å². The largest absolute Gasteiger partial charge is 0.370 e. The molecule has 0 spiro atoms. The standard InChI is InChI=1S/C9H19N5/c1-12-9(14-8(10)11)13-6-7-4-2-3-5-7/h7H,2-6H2,1H3,(H5,10,11,12,13,14). The van der Waals surface area contributed by atoms with E-state index in [1.165, 1.54) is 25.7 Å². The lowest BCUT2D eigenvalue weighted by molar-refractivity contribution is 0.533. The molecule has 0 aliphatic heterocycles. The molecular weight excluding hydrogens is 178 g/mol. The highest BCUT2D eigenvalue weighted by atomic mass is 15.2. The summed E-state index contributed by atoms with van der Waals surface area (Å²) in [6, 6.07) is 0. The molecule has 5 nitrogen and oxygen atoms in total. The highest BCUT2D eigenvalue weighted by Gasteiger charge is 2.14. The van der Waals surface area contributed by atoms with Gasteiger partial charge in [-0.05, 0) is 18.8 Å². The molecule has 5 N–H and O–H groups in total. The predicted octanol–water partition coefficient (Wildman–Crippen LogP) is 0.235. The third kappa shape index (κ3) is 3.64. The molecular formula is C9H19N5. The van der Waals surface area contributed by atoms with Crippen LogP contribution in [0.5, 0.6) is 0 Å². The molecule has 0 heterocycles. The van der Waals surface area contributed by atoms with Crippen molar-refractivity contribution in [2.75, 3.05) is 13.6 Å². The summed E-state index contributed by atoms with van der Waals surface area (Å²) in [5.74, 6) is 1.26. The number of nitrogens with zero attached hydrogens (tertiary/aromatic N) is 1. The van der Waals surface area contributed by atoms with Crippen molar-refractivity contribution in [1.82, 2.24) is 10.6 Å². The smallest absolute Gasteiger partial charge is 0.197 e. The molecule has 0 aromatic heterocycles. The maximum absolute atomic E-state index is 7.06. The number of nitrogens with one attached hydrogen (secondary N) is 3. The van der Waals surface area contributed by atoms with Gasteiger partial charge in [0.25, 0.3) is 0 Å². The summed E-state index contributed by atoms with van der Waals surface area (Å²) < 4.78 is 0. The number of guanidine groups is 2. The molecule has 0 aromatic rings. The van der Waals surface area contributed by atoms with Gasteiger partial charge in [0.15, 0.2) is 11.9 Å². The van der Waals surface area contributed by atoms with Crippen LogP contribution in [0.15, 0.2) is 4.99 Å². The Hall–Kier alpha value is -1.26. The second kappa shape index (κ2) is 5.47.